The number of nitrogens with one attached hydrogen (secondary N) is 3. The van der Waals surface area contributed by atoms with Crippen molar-refractivity contribution in [2.75, 3.05) is 32.6 Å². The number of carbonyl (C=O) groups excluding carboxylic acids is 1. The van der Waals surface area contributed by atoms with Crippen LogP contribution in [0.3, 0.4) is 0 Å². The van der Waals surface area contributed by atoms with Crippen molar-refractivity contribution in [3.63, 3.8) is 0 Å². The van der Waals surface area contributed by atoms with Crippen molar-refractivity contribution in [3.8, 4) is 17.0 Å². The molecular formula is C28H31ClN6O2. The van der Waals surface area contributed by atoms with E-state index in [0.29, 0.717) is 28.8 Å². The van der Waals surface area contributed by atoms with Gasteiger partial charge in [-0.15, -0.1) is 0 Å². The maximum atomic E-state index is 11.7. The van der Waals surface area contributed by atoms with E-state index in [2.05, 4.69) is 37.6 Å². The lowest BCUT2D eigenvalue weighted by Gasteiger charge is -2.33. The van der Waals surface area contributed by atoms with Gasteiger partial charge in [-0.2, -0.15) is 0 Å². The molecule has 192 valence electrons. The van der Waals surface area contributed by atoms with E-state index in [0.717, 1.165) is 60.6 Å². The number of H-pyrrole nitrogens is 1. The van der Waals surface area contributed by atoms with E-state index >= 15 is 0 Å². The fourth-order valence-corrected chi connectivity index (χ4v) is 5.05. The summed E-state index contributed by atoms with van der Waals surface area (Å²) in [5, 5.41) is 6.91. The van der Waals surface area contributed by atoms with Crippen LogP contribution in [0.2, 0.25) is 5.02 Å². The van der Waals surface area contributed by atoms with Crippen molar-refractivity contribution in [2.24, 2.45) is 0 Å². The van der Waals surface area contributed by atoms with Gasteiger partial charge in [-0.05, 0) is 36.1 Å². The summed E-state index contributed by atoms with van der Waals surface area (Å²) >= 11 is 6.95. The Hall–Kier alpha value is -3.62. The highest BCUT2D eigenvalue weighted by molar-refractivity contribution is 6.37. The molecule has 0 spiro atoms. The summed E-state index contributed by atoms with van der Waals surface area (Å²) in [5.74, 6) is 0.855. The topological polar surface area (TPSA) is 95.2 Å². The van der Waals surface area contributed by atoms with E-state index in [1.807, 2.05) is 36.4 Å². The summed E-state index contributed by atoms with van der Waals surface area (Å²) in [7, 11) is 3.33. The van der Waals surface area contributed by atoms with Crippen LogP contribution >= 0.6 is 11.6 Å². The van der Waals surface area contributed by atoms with Crippen LogP contribution < -0.4 is 15.4 Å². The Morgan fingerprint density at radius 2 is 1.81 bits per heavy atom. The number of halogens is 1. The Bertz CT molecular complexity index is 1360. The number of fused-ring (bicyclic) bond motifs is 1. The maximum Gasteiger partial charge on any atom is 0.224 e. The predicted octanol–water partition coefficient (Wildman–Crippen LogP) is 4.65. The molecule has 1 aliphatic rings. The number of rotatable bonds is 8. The van der Waals surface area contributed by atoms with Crippen LogP contribution in [0.4, 0.5) is 5.69 Å². The number of aromatic nitrogens is 3. The summed E-state index contributed by atoms with van der Waals surface area (Å²) in [6.07, 6.45) is 4.00. The fourth-order valence-electron chi connectivity index (χ4n) is 4.75. The van der Waals surface area contributed by atoms with E-state index in [9.17, 15) is 4.79 Å². The second kappa shape index (κ2) is 11.2. The largest absolute Gasteiger partial charge is 0.497 e. The first-order chi connectivity index (χ1) is 18.0. The van der Waals surface area contributed by atoms with Crippen molar-refractivity contribution in [1.29, 1.82) is 0 Å². The van der Waals surface area contributed by atoms with Gasteiger partial charge >= 0.3 is 0 Å². The lowest BCUT2D eigenvalue weighted by atomic mass is 10.0. The molecule has 37 heavy (non-hydrogen) atoms. The molecule has 3 N–H and O–H groups in total. The zero-order valence-electron chi connectivity index (χ0n) is 21.1. The Morgan fingerprint density at radius 3 is 2.49 bits per heavy atom. The van der Waals surface area contributed by atoms with Gasteiger partial charge in [-0.25, -0.2) is 9.97 Å². The van der Waals surface area contributed by atoms with Crippen molar-refractivity contribution in [2.45, 2.75) is 31.8 Å². The number of imidazole rings is 1. The third-order valence-electron chi connectivity index (χ3n) is 6.89. The van der Waals surface area contributed by atoms with Crippen molar-refractivity contribution in [1.82, 2.24) is 25.2 Å². The minimum Gasteiger partial charge on any atom is -0.497 e. The monoisotopic (exact) mass is 518 g/mol. The zero-order valence-corrected chi connectivity index (χ0v) is 21.8. The van der Waals surface area contributed by atoms with Crippen molar-refractivity contribution < 1.29 is 9.53 Å². The van der Waals surface area contributed by atoms with E-state index in [4.69, 9.17) is 21.3 Å². The molecule has 8 nitrogen and oxygen atoms in total. The van der Waals surface area contributed by atoms with Gasteiger partial charge in [-0.1, -0.05) is 48.0 Å². The molecule has 1 fully saturated rings. The van der Waals surface area contributed by atoms with Crippen LogP contribution in [-0.4, -0.2) is 59.0 Å². The zero-order chi connectivity index (χ0) is 25.8. The minimum atomic E-state index is -0.0246. The quantitative estimate of drug-likeness (QED) is 0.314. The molecular weight excluding hydrogens is 488 g/mol. The van der Waals surface area contributed by atoms with Gasteiger partial charge in [0, 0.05) is 38.3 Å². The lowest BCUT2D eigenvalue weighted by molar-refractivity contribution is -0.119. The van der Waals surface area contributed by atoms with Crippen molar-refractivity contribution in [3.05, 3.63) is 71.0 Å². The Kier molecular flexibility index (Phi) is 7.58. The number of carbonyl (C=O) groups is 1. The summed E-state index contributed by atoms with van der Waals surface area (Å²) < 4.78 is 5.27. The van der Waals surface area contributed by atoms with E-state index in [1.54, 1.807) is 20.5 Å². The molecule has 1 aliphatic heterocycles. The molecule has 4 aromatic rings. The number of likely N-dealkylation sites (tertiary alicyclic amines) is 1. The van der Waals surface area contributed by atoms with E-state index in [-0.39, 0.29) is 5.91 Å². The van der Waals surface area contributed by atoms with E-state index in [1.165, 1.54) is 5.56 Å². The molecule has 1 amide bonds. The summed E-state index contributed by atoms with van der Waals surface area (Å²) in [4.78, 5) is 26.5. The van der Waals surface area contributed by atoms with Gasteiger partial charge in [0.1, 0.15) is 11.3 Å². The maximum absolute atomic E-state index is 11.7. The third kappa shape index (κ3) is 5.70. The number of hydrogen-bond donors (Lipinski definition) is 3. The number of likely N-dealkylation sites (N-methyl/N-ethyl adjacent to an activating group) is 1. The van der Waals surface area contributed by atoms with Crippen LogP contribution in [0.5, 0.6) is 5.75 Å². The number of benzene rings is 2. The normalized spacial score (nSPS) is 14.6. The van der Waals surface area contributed by atoms with Gasteiger partial charge in [0.05, 0.1) is 36.3 Å². The molecule has 3 heterocycles. The second-order valence-corrected chi connectivity index (χ2v) is 9.72. The first kappa shape index (κ1) is 25.0. The first-order valence-corrected chi connectivity index (χ1v) is 12.9. The lowest BCUT2D eigenvalue weighted by Crippen LogP contribution is -2.38. The number of aromatic amines is 1. The molecule has 0 saturated carbocycles. The smallest absolute Gasteiger partial charge is 0.224 e. The van der Waals surface area contributed by atoms with Gasteiger partial charge in [0.15, 0.2) is 5.65 Å². The predicted molar refractivity (Wildman–Crippen MR) is 147 cm³/mol. The SMILES string of the molecule is CNC(=O)Cc1ccc(-c2nc3nc[nH]c3c(NC3CCN(Cc4ccc(OC)cc4)CC3)c2Cl)cc1. The summed E-state index contributed by atoms with van der Waals surface area (Å²) in [5.41, 5.74) is 6.04. The number of piperidine rings is 1. The van der Waals surface area contributed by atoms with Gasteiger partial charge < -0.3 is 20.4 Å². The number of anilines is 1. The number of methoxy groups -OCH3 is 1. The molecule has 0 unspecified atom stereocenters. The fraction of sp³-hybridized carbons (Fsp3) is 0.321. The number of hydrogen-bond acceptors (Lipinski definition) is 6. The standard InChI is InChI=1S/C28H31ClN6O2/c1-30-23(36)15-18-3-7-20(8-4-18)25-24(29)26(27-28(34-25)32-17-31-27)33-21-11-13-35(14-12-21)16-19-5-9-22(37-2)10-6-19/h3-10,17,21H,11-16H2,1-2H3,(H,30,36)(H2,31,32,33,34). The minimum absolute atomic E-state index is 0.0246. The summed E-state index contributed by atoms with van der Waals surface area (Å²) in [6, 6.07) is 16.3. The van der Waals surface area contributed by atoms with Crippen LogP contribution in [0.25, 0.3) is 22.4 Å². The number of ether oxygens (including phenoxy) is 1. The molecule has 0 aliphatic carbocycles. The average molecular weight is 519 g/mol. The highest BCUT2D eigenvalue weighted by atomic mass is 35.5. The average Bonchev–Trinajstić information content (AvgIpc) is 3.40. The van der Waals surface area contributed by atoms with Gasteiger partial charge in [0.25, 0.3) is 0 Å². The molecule has 0 atom stereocenters. The summed E-state index contributed by atoms with van der Waals surface area (Å²) in [6.45, 7) is 2.92. The van der Waals surface area contributed by atoms with Crippen LogP contribution in [0.15, 0.2) is 54.9 Å². The number of nitrogens with zero attached hydrogens (tertiary/aromatic N) is 3. The van der Waals surface area contributed by atoms with E-state index < -0.39 is 0 Å². The number of pyridine rings is 1. The number of amides is 1. The van der Waals surface area contributed by atoms with Crippen LogP contribution in [-0.2, 0) is 17.8 Å². The highest BCUT2D eigenvalue weighted by Crippen LogP contribution is 2.37. The van der Waals surface area contributed by atoms with Crippen molar-refractivity contribution >= 4 is 34.4 Å². The molecule has 0 bridgehead atoms. The highest BCUT2D eigenvalue weighted by Gasteiger charge is 2.23. The molecule has 9 heteroatoms. The van der Waals surface area contributed by atoms with Gasteiger partial charge in [0.2, 0.25) is 5.91 Å². The third-order valence-corrected chi connectivity index (χ3v) is 7.25. The molecule has 2 aromatic carbocycles. The van der Waals surface area contributed by atoms with Crippen LogP contribution in [0, 0.1) is 0 Å². The van der Waals surface area contributed by atoms with Gasteiger partial charge in [-0.3, -0.25) is 9.69 Å². The Labute approximate surface area is 221 Å². The Morgan fingerprint density at radius 1 is 1.11 bits per heavy atom. The molecule has 0 radical (unpaired) electrons. The first-order valence-electron chi connectivity index (χ1n) is 12.5. The molecule has 1 saturated heterocycles. The second-order valence-electron chi connectivity index (χ2n) is 9.34. The molecule has 2 aromatic heterocycles. The van der Waals surface area contributed by atoms with Crippen LogP contribution in [0.1, 0.15) is 24.0 Å². The Balaban J connectivity index is 1.29. The molecule has 5 rings (SSSR count).